The van der Waals surface area contributed by atoms with E-state index in [1.807, 2.05) is 13.0 Å². The normalized spacial score (nSPS) is 53.4. The molecule has 0 aromatic heterocycles. The Morgan fingerprint density at radius 3 is 2.07 bits per heavy atom. The first kappa shape index (κ1) is 43.1. The van der Waals surface area contributed by atoms with Gasteiger partial charge in [-0.15, -0.1) is 0 Å². The zero-order valence-electron chi connectivity index (χ0n) is 34.2. The third-order valence-electron chi connectivity index (χ3n) is 17.3. The van der Waals surface area contributed by atoms with Crippen molar-refractivity contribution < 1.29 is 74.2 Å². The summed E-state index contributed by atoms with van der Waals surface area (Å²) in [5.41, 5.74) is -1.51. The summed E-state index contributed by atoms with van der Waals surface area (Å²) < 4.78 is 23.8. The molecule has 0 bridgehead atoms. The van der Waals surface area contributed by atoms with Gasteiger partial charge in [0, 0.05) is 5.92 Å². The number of ketones is 1. The fourth-order valence-electron chi connectivity index (χ4n) is 13.4. The number of allylic oxidation sites excluding steroid dienone is 2. The molecular weight excluding hydrogens is 744 g/mol. The predicted octanol–water partition coefficient (Wildman–Crippen LogP) is 2.15. The molecule has 7 rings (SSSR count). The number of carbonyl (C=O) groups excluding carboxylic acids is 1. The van der Waals surface area contributed by atoms with Gasteiger partial charge in [0.1, 0.15) is 42.7 Å². The van der Waals surface area contributed by atoms with Crippen LogP contribution in [0.4, 0.5) is 0 Å². The molecule has 57 heavy (non-hydrogen) atoms. The van der Waals surface area contributed by atoms with Gasteiger partial charge in [0.15, 0.2) is 24.5 Å². The van der Waals surface area contributed by atoms with Gasteiger partial charge in [0.05, 0.1) is 18.1 Å². The molecule has 7 aliphatic rings. The first-order valence-corrected chi connectivity index (χ1v) is 20.8. The van der Waals surface area contributed by atoms with Crippen LogP contribution in [0.5, 0.6) is 0 Å². The van der Waals surface area contributed by atoms with Gasteiger partial charge in [-0.25, -0.2) is 4.79 Å². The van der Waals surface area contributed by atoms with Crippen LogP contribution in [0.1, 0.15) is 106 Å². The molecule has 2 saturated heterocycles. The molecule has 6 fully saturated rings. The van der Waals surface area contributed by atoms with Crippen LogP contribution in [0.2, 0.25) is 0 Å². The summed E-state index contributed by atoms with van der Waals surface area (Å²) in [7, 11) is 0. The zero-order chi connectivity index (χ0) is 42.0. The van der Waals surface area contributed by atoms with Gasteiger partial charge >= 0.3 is 11.9 Å². The second kappa shape index (κ2) is 14.3. The van der Waals surface area contributed by atoms with Crippen LogP contribution < -0.4 is 0 Å². The average Bonchev–Trinajstić information content (AvgIpc) is 3.13. The molecular formula is C42H64O15. The average molecular weight is 809 g/mol. The lowest BCUT2D eigenvalue weighted by Gasteiger charge is -2.70. The number of aliphatic carboxylic acids is 2. The molecule has 2 aliphatic heterocycles. The quantitative estimate of drug-likeness (QED) is 0.172. The molecule has 0 aromatic carbocycles. The number of carboxylic acid groups (broad SMARTS) is 2. The van der Waals surface area contributed by atoms with E-state index in [0.29, 0.717) is 25.7 Å². The van der Waals surface area contributed by atoms with Crippen LogP contribution in [0.25, 0.3) is 0 Å². The smallest absolute Gasteiger partial charge is 0.335 e. The number of hydrogen-bond donors (Lipinski definition) is 8. The van der Waals surface area contributed by atoms with Crippen molar-refractivity contribution in [1.82, 2.24) is 0 Å². The summed E-state index contributed by atoms with van der Waals surface area (Å²) >= 11 is 0. The summed E-state index contributed by atoms with van der Waals surface area (Å²) in [4.78, 5) is 39.1. The Balaban J connectivity index is 1.16. The molecule has 15 nitrogen and oxygen atoms in total. The van der Waals surface area contributed by atoms with Crippen molar-refractivity contribution in [2.45, 2.75) is 174 Å². The van der Waals surface area contributed by atoms with Crippen LogP contribution in [-0.4, -0.2) is 133 Å². The van der Waals surface area contributed by atoms with Gasteiger partial charge in [0.25, 0.3) is 0 Å². The van der Waals surface area contributed by atoms with Gasteiger partial charge in [0.2, 0.25) is 0 Å². The van der Waals surface area contributed by atoms with E-state index in [9.17, 15) is 55.2 Å². The minimum Gasteiger partial charge on any atom is -0.481 e. The largest absolute Gasteiger partial charge is 0.481 e. The Morgan fingerprint density at radius 2 is 1.44 bits per heavy atom. The van der Waals surface area contributed by atoms with E-state index in [4.69, 9.17) is 18.9 Å². The van der Waals surface area contributed by atoms with Gasteiger partial charge in [-0.05, 0) is 110 Å². The SMILES string of the molecule is CC1(C)C(O[C@@H]2O[C@H](CO)[C@H](O)[C@H](O)[C@H]2O[C@@H]2O[C@H](C(=O)O)[C@@H](O)[C@H](O)[C@H]2O)CC[C@]2(C)[C@H]3C(=O)C=C4[C@@H]5C[C@@](C)(C(=O)O)CC[C@]5(C)CC[C@@]4(C)[C@]3(C)CC[C@@H]12. The van der Waals surface area contributed by atoms with Crippen LogP contribution in [0, 0.1) is 50.2 Å². The summed E-state index contributed by atoms with van der Waals surface area (Å²) in [5, 5.41) is 83.3. The van der Waals surface area contributed by atoms with Crippen molar-refractivity contribution >= 4 is 17.7 Å². The third-order valence-corrected chi connectivity index (χ3v) is 17.3. The molecule has 8 N–H and O–H groups in total. The van der Waals surface area contributed by atoms with Crippen molar-refractivity contribution in [3.8, 4) is 0 Å². The maximum absolute atomic E-state index is 14.8. The lowest BCUT2D eigenvalue weighted by atomic mass is 9.33. The second-order valence-electron chi connectivity index (χ2n) is 20.6. The number of carboxylic acids is 2. The molecule has 2 heterocycles. The van der Waals surface area contributed by atoms with E-state index in [1.54, 1.807) is 0 Å². The summed E-state index contributed by atoms with van der Waals surface area (Å²) in [6.07, 6.45) is -9.70. The van der Waals surface area contributed by atoms with E-state index in [-0.39, 0.29) is 39.8 Å². The van der Waals surface area contributed by atoms with Crippen LogP contribution in [-0.2, 0) is 33.3 Å². The monoisotopic (exact) mass is 808 g/mol. The Labute approximate surface area is 333 Å². The second-order valence-corrected chi connectivity index (χ2v) is 20.6. The number of aliphatic hydroxyl groups is 6. The van der Waals surface area contributed by atoms with Crippen LogP contribution >= 0.6 is 0 Å². The van der Waals surface area contributed by atoms with Crippen LogP contribution in [0.15, 0.2) is 11.6 Å². The van der Waals surface area contributed by atoms with Gasteiger partial charge in [-0.2, -0.15) is 0 Å². The number of rotatable bonds is 7. The number of carbonyl (C=O) groups is 3. The standard InChI is InChI=1S/C42H64O15/c1-37(2)23-8-11-42(7)32(21(44)16-19-20-17-39(4,36(52)53)13-12-38(20,3)14-15-41(19,42)6)40(23,5)10-9-24(37)55-35-31(27(47)25(45)22(18-43)54-35)57-34-29(49)26(46)28(48)30(56-34)33(50)51/h16,20,22-32,34-35,43,45-49H,8-15,17-18H2,1-7H3,(H,50,51)(H,52,53)/t20-,22+,23-,24?,25-,26-,27-,28-,29+,30-,31+,32+,34-,35-,38+,39-,40-,41+,42+/m0/s1. The summed E-state index contributed by atoms with van der Waals surface area (Å²) in [5.74, 6) is -2.62. The third kappa shape index (κ3) is 6.31. The summed E-state index contributed by atoms with van der Waals surface area (Å²) in [6, 6.07) is 0. The molecule has 15 heteroatoms. The highest BCUT2D eigenvalue weighted by molar-refractivity contribution is 5.95. The highest BCUT2D eigenvalue weighted by Gasteiger charge is 2.71. The van der Waals surface area contributed by atoms with Gasteiger partial charge in [-0.3, -0.25) is 9.59 Å². The van der Waals surface area contributed by atoms with Crippen LogP contribution in [0.3, 0.4) is 0 Å². The molecule has 19 atom stereocenters. The minimum atomic E-state index is -1.98. The number of ether oxygens (including phenoxy) is 4. The molecule has 322 valence electrons. The fraction of sp³-hybridized carbons (Fsp3) is 0.881. The number of fused-ring (bicyclic) bond motifs is 7. The molecule has 1 unspecified atom stereocenters. The fourth-order valence-corrected chi connectivity index (χ4v) is 13.4. The Hall–Kier alpha value is -2.05. The Morgan fingerprint density at radius 1 is 0.772 bits per heavy atom. The molecule has 0 spiro atoms. The molecule has 0 aromatic rings. The Kier molecular flexibility index (Phi) is 10.8. The van der Waals surface area contributed by atoms with Crippen molar-refractivity contribution in [2.24, 2.45) is 50.2 Å². The van der Waals surface area contributed by atoms with E-state index in [2.05, 4.69) is 41.5 Å². The maximum Gasteiger partial charge on any atom is 0.335 e. The first-order chi connectivity index (χ1) is 26.4. The summed E-state index contributed by atoms with van der Waals surface area (Å²) in [6.45, 7) is 14.4. The first-order valence-electron chi connectivity index (χ1n) is 20.8. The predicted molar refractivity (Wildman–Crippen MR) is 199 cm³/mol. The molecule has 0 radical (unpaired) electrons. The molecule has 5 aliphatic carbocycles. The van der Waals surface area contributed by atoms with E-state index in [1.165, 1.54) is 0 Å². The highest BCUT2D eigenvalue weighted by atomic mass is 16.8. The zero-order valence-corrected chi connectivity index (χ0v) is 34.2. The van der Waals surface area contributed by atoms with Gasteiger partial charge < -0.3 is 59.8 Å². The molecule has 0 amide bonds. The van der Waals surface area contributed by atoms with Gasteiger partial charge in [-0.1, -0.05) is 47.1 Å². The topological polar surface area (TPSA) is 250 Å². The van der Waals surface area contributed by atoms with Crippen molar-refractivity contribution in [3.05, 3.63) is 11.6 Å². The van der Waals surface area contributed by atoms with E-state index >= 15 is 0 Å². The lowest BCUT2D eigenvalue weighted by molar-refractivity contribution is -0.375. The number of hydrogen-bond acceptors (Lipinski definition) is 13. The van der Waals surface area contributed by atoms with Crippen molar-refractivity contribution in [3.63, 3.8) is 0 Å². The Bertz CT molecular complexity index is 1650. The highest BCUT2D eigenvalue weighted by Crippen LogP contribution is 2.75. The molecule has 4 saturated carbocycles. The number of aliphatic hydroxyl groups excluding tert-OH is 6. The van der Waals surface area contributed by atoms with Crippen molar-refractivity contribution in [1.29, 1.82) is 0 Å². The van der Waals surface area contributed by atoms with E-state index in [0.717, 1.165) is 37.7 Å². The van der Waals surface area contributed by atoms with E-state index < -0.39 is 102 Å². The maximum atomic E-state index is 14.8. The van der Waals surface area contributed by atoms with Crippen molar-refractivity contribution in [2.75, 3.05) is 6.61 Å². The minimum absolute atomic E-state index is 0.00433. The lowest BCUT2D eigenvalue weighted by Crippen LogP contribution is -2.68.